The lowest BCUT2D eigenvalue weighted by atomic mass is 10.1. The summed E-state index contributed by atoms with van der Waals surface area (Å²) in [5.74, 6) is 3.03. The van der Waals surface area contributed by atoms with Gasteiger partial charge in [0, 0.05) is 26.2 Å². The molecule has 5 heteroatoms. The molecule has 0 aromatic carbocycles. The molecule has 0 bridgehead atoms. The zero-order chi connectivity index (χ0) is 14.8. The van der Waals surface area contributed by atoms with Crippen molar-refractivity contribution in [1.29, 1.82) is 0 Å². The van der Waals surface area contributed by atoms with Crippen molar-refractivity contribution in [2.24, 2.45) is 13.0 Å². The van der Waals surface area contributed by atoms with Crippen molar-refractivity contribution in [2.45, 2.75) is 51.6 Å². The minimum atomic E-state index is 0.670. The highest BCUT2D eigenvalue weighted by molar-refractivity contribution is 4.94. The fourth-order valence-corrected chi connectivity index (χ4v) is 3.84. The van der Waals surface area contributed by atoms with Gasteiger partial charge in [-0.05, 0) is 45.7 Å². The first-order valence-electron chi connectivity index (χ1n) is 8.41. The zero-order valence-corrected chi connectivity index (χ0v) is 13.8. The summed E-state index contributed by atoms with van der Waals surface area (Å²) >= 11 is 0. The van der Waals surface area contributed by atoms with Crippen molar-refractivity contribution in [1.82, 2.24) is 24.6 Å². The molecule has 0 spiro atoms. The van der Waals surface area contributed by atoms with Crippen molar-refractivity contribution in [3.63, 3.8) is 0 Å². The largest absolute Gasteiger partial charge is 0.317 e. The normalized spacial score (nSPS) is 24.5. The highest BCUT2D eigenvalue weighted by atomic mass is 15.3. The van der Waals surface area contributed by atoms with Crippen LogP contribution in [0.5, 0.6) is 0 Å². The van der Waals surface area contributed by atoms with Gasteiger partial charge in [-0.25, -0.2) is 0 Å². The molecule has 2 fully saturated rings. The van der Waals surface area contributed by atoms with E-state index in [4.69, 9.17) is 0 Å². The highest BCUT2D eigenvalue weighted by Gasteiger charge is 2.28. The van der Waals surface area contributed by atoms with E-state index in [0.717, 1.165) is 24.1 Å². The maximum atomic E-state index is 4.29. The second-order valence-corrected chi connectivity index (χ2v) is 6.99. The summed E-state index contributed by atoms with van der Waals surface area (Å²) in [5.41, 5.74) is 0. The Kier molecular flexibility index (Phi) is 4.60. The van der Waals surface area contributed by atoms with Crippen LogP contribution >= 0.6 is 0 Å². The van der Waals surface area contributed by atoms with E-state index in [9.17, 15) is 0 Å². The number of hydrogen-bond donors (Lipinski definition) is 0. The molecule has 0 amide bonds. The lowest BCUT2D eigenvalue weighted by Gasteiger charge is -2.25. The Hall–Kier alpha value is -0.940. The van der Waals surface area contributed by atoms with Gasteiger partial charge in [-0.2, -0.15) is 0 Å². The predicted molar refractivity (Wildman–Crippen MR) is 84.0 cm³/mol. The molecule has 0 unspecified atom stereocenters. The van der Waals surface area contributed by atoms with Crippen LogP contribution in [0.3, 0.4) is 0 Å². The van der Waals surface area contributed by atoms with Crippen LogP contribution < -0.4 is 0 Å². The molecule has 0 N–H and O–H groups in total. The van der Waals surface area contributed by atoms with Gasteiger partial charge >= 0.3 is 0 Å². The van der Waals surface area contributed by atoms with Crippen molar-refractivity contribution < 1.29 is 0 Å². The van der Waals surface area contributed by atoms with Crippen molar-refractivity contribution in [3.8, 4) is 0 Å². The fraction of sp³-hybridized carbons (Fsp3) is 0.875. The summed E-state index contributed by atoms with van der Waals surface area (Å²) in [6.07, 6.45) is 7.10. The maximum absolute atomic E-state index is 4.29. The lowest BCUT2D eigenvalue weighted by molar-refractivity contribution is 0.208. The summed E-state index contributed by atoms with van der Waals surface area (Å²) in [6, 6.07) is 0.670. The standard InChI is InChI=1S/C16H29N5/c1-13-17-18-16(20(13)3)12-19(2)15-8-9-21(11-15)10-14-6-4-5-7-14/h14-15H,4-12H2,1-3H3/t15-/m0/s1. The zero-order valence-electron chi connectivity index (χ0n) is 13.8. The average molecular weight is 291 g/mol. The number of nitrogens with zero attached hydrogens (tertiary/aromatic N) is 5. The predicted octanol–water partition coefficient (Wildman–Crippen LogP) is 1.82. The van der Waals surface area contributed by atoms with Crippen LogP contribution in [-0.2, 0) is 13.6 Å². The Balaban J connectivity index is 1.49. The second-order valence-electron chi connectivity index (χ2n) is 6.99. The Bertz CT molecular complexity index is 463. The first-order valence-corrected chi connectivity index (χ1v) is 8.41. The van der Waals surface area contributed by atoms with Gasteiger partial charge in [-0.3, -0.25) is 4.90 Å². The van der Waals surface area contributed by atoms with Crippen LogP contribution in [0, 0.1) is 12.8 Å². The molecule has 1 aromatic heterocycles. The number of aromatic nitrogens is 3. The second kappa shape index (κ2) is 6.44. The molecule has 1 atom stereocenters. The number of rotatable bonds is 5. The highest BCUT2D eigenvalue weighted by Crippen LogP contribution is 2.27. The molecule has 1 aliphatic carbocycles. The third-order valence-corrected chi connectivity index (χ3v) is 5.44. The molecule has 21 heavy (non-hydrogen) atoms. The summed E-state index contributed by atoms with van der Waals surface area (Å²) in [7, 11) is 4.29. The Morgan fingerprint density at radius 3 is 2.62 bits per heavy atom. The van der Waals surface area contributed by atoms with E-state index in [1.165, 1.54) is 51.7 Å². The molecule has 1 aliphatic heterocycles. The van der Waals surface area contributed by atoms with Crippen LogP contribution in [0.4, 0.5) is 0 Å². The van der Waals surface area contributed by atoms with E-state index in [2.05, 4.69) is 38.7 Å². The fourth-order valence-electron chi connectivity index (χ4n) is 3.84. The molecule has 2 heterocycles. The Morgan fingerprint density at radius 1 is 1.19 bits per heavy atom. The number of likely N-dealkylation sites (tertiary alicyclic amines) is 1. The van der Waals surface area contributed by atoms with Gasteiger partial charge in [0.1, 0.15) is 11.6 Å². The van der Waals surface area contributed by atoms with Gasteiger partial charge in [0.15, 0.2) is 0 Å². The minimum absolute atomic E-state index is 0.670. The quantitative estimate of drug-likeness (QED) is 0.829. The van der Waals surface area contributed by atoms with E-state index in [-0.39, 0.29) is 0 Å². The molecule has 118 valence electrons. The first-order chi connectivity index (χ1) is 10.1. The van der Waals surface area contributed by atoms with E-state index in [1.807, 2.05) is 6.92 Å². The van der Waals surface area contributed by atoms with E-state index < -0.39 is 0 Å². The van der Waals surface area contributed by atoms with Gasteiger partial charge in [-0.1, -0.05) is 12.8 Å². The molecule has 5 nitrogen and oxygen atoms in total. The molecule has 1 saturated carbocycles. The van der Waals surface area contributed by atoms with Crippen LogP contribution in [0.15, 0.2) is 0 Å². The van der Waals surface area contributed by atoms with Crippen molar-refractivity contribution >= 4 is 0 Å². The first kappa shape index (κ1) is 15.0. The lowest BCUT2D eigenvalue weighted by Crippen LogP contribution is -2.35. The van der Waals surface area contributed by atoms with Gasteiger partial charge in [0.25, 0.3) is 0 Å². The average Bonchev–Trinajstić information content (AvgIpc) is 3.18. The van der Waals surface area contributed by atoms with Crippen molar-refractivity contribution in [2.75, 3.05) is 26.7 Å². The van der Waals surface area contributed by atoms with Crippen LogP contribution in [0.1, 0.15) is 43.8 Å². The molecule has 3 rings (SSSR count). The summed E-state index contributed by atoms with van der Waals surface area (Å²) in [6.45, 7) is 6.73. The summed E-state index contributed by atoms with van der Waals surface area (Å²) in [4.78, 5) is 5.14. The van der Waals surface area contributed by atoms with Gasteiger partial charge < -0.3 is 9.47 Å². The SMILES string of the molecule is Cc1nnc(CN(C)[C@H]2CCN(CC3CCCC3)C2)n1C. The van der Waals surface area contributed by atoms with Gasteiger partial charge in [-0.15, -0.1) is 10.2 Å². The Morgan fingerprint density at radius 2 is 1.95 bits per heavy atom. The number of hydrogen-bond acceptors (Lipinski definition) is 4. The molecule has 1 aromatic rings. The van der Waals surface area contributed by atoms with E-state index in [0.29, 0.717) is 6.04 Å². The number of aryl methyl sites for hydroxylation is 1. The Labute approximate surface area is 128 Å². The molecule has 2 aliphatic rings. The topological polar surface area (TPSA) is 37.2 Å². The smallest absolute Gasteiger partial charge is 0.146 e. The maximum Gasteiger partial charge on any atom is 0.146 e. The summed E-state index contributed by atoms with van der Waals surface area (Å²) in [5, 5.41) is 8.44. The number of likely N-dealkylation sites (N-methyl/N-ethyl adjacent to an activating group) is 1. The third-order valence-electron chi connectivity index (χ3n) is 5.44. The van der Waals surface area contributed by atoms with Crippen molar-refractivity contribution in [3.05, 3.63) is 11.6 Å². The molecule has 0 radical (unpaired) electrons. The van der Waals surface area contributed by atoms with E-state index >= 15 is 0 Å². The molecular formula is C16H29N5. The molecular weight excluding hydrogens is 262 g/mol. The van der Waals surface area contributed by atoms with Gasteiger partial charge in [0.2, 0.25) is 0 Å². The minimum Gasteiger partial charge on any atom is -0.317 e. The van der Waals surface area contributed by atoms with Crippen LogP contribution in [0.25, 0.3) is 0 Å². The summed E-state index contributed by atoms with van der Waals surface area (Å²) < 4.78 is 2.10. The van der Waals surface area contributed by atoms with Crippen LogP contribution in [-0.4, -0.2) is 57.3 Å². The molecule has 1 saturated heterocycles. The monoisotopic (exact) mass is 291 g/mol. The third kappa shape index (κ3) is 3.46. The van der Waals surface area contributed by atoms with E-state index in [1.54, 1.807) is 0 Å². The van der Waals surface area contributed by atoms with Crippen LogP contribution in [0.2, 0.25) is 0 Å². The van der Waals surface area contributed by atoms with Gasteiger partial charge in [0.05, 0.1) is 6.54 Å².